The van der Waals surface area contributed by atoms with Gasteiger partial charge in [0.2, 0.25) is 11.8 Å². The number of aliphatic hydroxyl groups excluding tert-OH is 1. The van der Waals surface area contributed by atoms with Crippen molar-refractivity contribution in [3.05, 3.63) is 91.0 Å². The molecule has 1 N–H and O–H groups in total. The van der Waals surface area contributed by atoms with Gasteiger partial charge >= 0.3 is 0 Å². The van der Waals surface area contributed by atoms with Crippen molar-refractivity contribution >= 4 is 90.9 Å². The maximum Gasteiger partial charge on any atom is 0.239 e. The van der Waals surface area contributed by atoms with E-state index in [1.807, 2.05) is 6.92 Å². The molecule has 2 amide bonds. The lowest BCUT2D eigenvalue weighted by atomic mass is 10.1. The average Bonchev–Trinajstić information content (AvgIpc) is 3.34. The summed E-state index contributed by atoms with van der Waals surface area (Å²) in [6.45, 7) is 8.86. The van der Waals surface area contributed by atoms with Gasteiger partial charge in [-0.2, -0.15) is 0 Å². The first-order chi connectivity index (χ1) is 20.2. The first-order valence-corrected chi connectivity index (χ1v) is 18.2. The first-order valence-electron chi connectivity index (χ1n) is 14.0. The molecule has 0 bridgehead atoms. The van der Waals surface area contributed by atoms with Gasteiger partial charge in [0.1, 0.15) is 0 Å². The number of amides is 2. The highest BCUT2D eigenvalue weighted by Gasteiger charge is 2.26. The SMILES string of the molecule is CC[C@H](C)CBr.CC[C@H](C)CO.ClCCl.O=C1CCC(=O)N1Br.c1ccc(P(c2ccccc2)c2ccccc2)cc1. The van der Waals surface area contributed by atoms with Crippen molar-refractivity contribution < 1.29 is 14.7 Å². The molecule has 4 rings (SSSR count). The third-order valence-corrected chi connectivity index (χ3v) is 10.3. The van der Waals surface area contributed by atoms with Gasteiger partial charge in [0.25, 0.3) is 0 Å². The van der Waals surface area contributed by atoms with E-state index in [4.69, 9.17) is 28.3 Å². The molecule has 1 saturated heterocycles. The van der Waals surface area contributed by atoms with E-state index in [1.54, 1.807) is 0 Å². The third-order valence-electron chi connectivity index (χ3n) is 6.00. The van der Waals surface area contributed by atoms with Gasteiger partial charge in [0.05, 0.1) is 21.5 Å². The second kappa shape index (κ2) is 26.2. The van der Waals surface area contributed by atoms with E-state index in [1.165, 1.54) is 22.3 Å². The summed E-state index contributed by atoms with van der Waals surface area (Å²) in [6, 6.07) is 32.3. The number of imide groups is 1. The Morgan fingerprint density at radius 1 is 0.738 bits per heavy atom. The van der Waals surface area contributed by atoms with Crippen molar-refractivity contribution in [2.24, 2.45) is 11.8 Å². The molecule has 0 saturated carbocycles. The Morgan fingerprint density at radius 3 is 1.19 bits per heavy atom. The normalized spacial score (nSPS) is 13.2. The fourth-order valence-electron chi connectivity index (χ4n) is 2.97. The Morgan fingerprint density at radius 2 is 1.05 bits per heavy atom. The highest BCUT2D eigenvalue weighted by molar-refractivity contribution is 9.09. The van der Waals surface area contributed by atoms with Gasteiger partial charge in [-0.3, -0.25) is 9.59 Å². The second-order valence-electron chi connectivity index (χ2n) is 9.38. The van der Waals surface area contributed by atoms with Crippen LogP contribution < -0.4 is 15.9 Å². The molecule has 9 heteroatoms. The number of rotatable bonds is 7. The van der Waals surface area contributed by atoms with Gasteiger partial charge < -0.3 is 5.11 Å². The molecule has 0 unspecified atom stereocenters. The summed E-state index contributed by atoms with van der Waals surface area (Å²) in [7, 11) is -0.446. The topological polar surface area (TPSA) is 57.6 Å². The number of aliphatic hydroxyl groups is 1. The zero-order valence-corrected chi connectivity index (χ0v) is 30.5. The van der Waals surface area contributed by atoms with Crippen LogP contribution >= 0.6 is 63.2 Å². The van der Waals surface area contributed by atoms with Gasteiger partial charge in [0, 0.05) is 24.8 Å². The number of benzene rings is 3. The predicted octanol–water partition coefficient (Wildman–Crippen LogP) is 8.76. The van der Waals surface area contributed by atoms with E-state index in [9.17, 15) is 9.59 Å². The van der Waals surface area contributed by atoms with Crippen molar-refractivity contribution in [3.8, 4) is 0 Å². The highest BCUT2D eigenvalue weighted by atomic mass is 79.9. The minimum Gasteiger partial charge on any atom is -0.396 e. The molecule has 42 heavy (non-hydrogen) atoms. The standard InChI is InChI=1S/C18H15P.C5H11Br.C5H12O.C4H4BrNO2.CH2Cl2/c1-4-10-16(11-5-1)19(17-12-6-2-7-13-17)18-14-8-3-9-15-18;2*1-3-5(2)4-6;5-6-3(7)1-2-4(6)8;2-1-3/h1-15H;5H,3-4H2,1-2H3;5-6H,3-4H2,1-2H3;1-2H2;1H2/t;2*5-;;/m.00../s1. The lowest BCUT2D eigenvalue weighted by Crippen LogP contribution is -2.20. The highest BCUT2D eigenvalue weighted by Crippen LogP contribution is 2.32. The summed E-state index contributed by atoms with van der Waals surface area (Å²) < 4.78 is 0.979. The van der Waals surface area contributed by atoms with Gasteiger partial charge in [-0.25, -0.2) is 3.93 Å². The van der Waals surface area contributed by atoms with Gasteiger partial charge in [-0.1, -0.05) is 147 Å². The van der Waals surface area contributed by atoms with Crippen LogP contribution in [0.5, 0.6) is 0 Å². The summed E-state index contributed by atoms with van der Waals surface area (Å²) in [5.41, 5.74) is 0. The van der Waals surface area contributed by atoms with Crippen LogP contribution in [0, 0.1) is 11.8 Å². The monoisotopic (exact) mass is 761 g/mol. The quantitative estimate of drug-likeness (QED) is 0.113. The van der Waals surface area contributed by atoms with Crippen molar-refractivity contribution in [2.75, 3.05) is 17.3 Å². The van der Waals surface area contributed by atoms with Crippen LogP contribution in [0.4, 0.5) is 0 Å². The molecule has 1 aliphatic rings. The molecule has 1 fully saturated rings. The molecule has 1 heterocycles. The Kier molecular flexibility index (Phi) is 25.4. The molecular weight excluding hydrogens is 720 g/mol. The molecule has 1 aliphatic heterocycles. The Labute approximate surface area is 281 Å². The number of carbonyl (C=O) groups excluding carboxylic acids is 2. The van der Waals surface area contributed by atoms with E-state index in [-0.39, 0.29) is 17.2 Å². The number of halogens is 4. The number of nitrogens with zero attached hydrogens (tertiary/aromatic N) is 1. The first kappa shape index (κ1) is 40.7. The average molecular weight is 764 g/mol. The van der Waals surface area contributed by atoms with E-state index in [0.29, 0.717) is 25.4 Å². The minimum atomic E-state index is -0.446. The minimum absolute atomic E-state index is 0.144. The summed E-state index contributed by atoms with van der Waals surface area (Å²) in [5, 5.41) is 13.9. The zero-order valence-electron chi connectivity index (χ0n) is 24.9. The van der Waals surface area contributed by atoms with Crippen LogP contribution in [-0.4, -0.2) is 38.1 Å². The Balaban J connectivity index is 0.000000606. The zero-order chi connectivity index (χ0) is 31.8. The summed E-state index contributed by atoms with van der Waals surface area (Å²) in [5.74, 6) is 1.06. The van der Waals surface area contributed by atoms with Gasteiger partial charge in [-0.15, -0.1) is 23.2 Å². The maximum absolute atomic E-state index is 10.4. The van der Waals surface area contributed by atoms with E-state index in [2.05, 4.69) is 144 Å². The van der Waals surface area contributed by atoms with Crippen LogP contribution in [0.25, 0.3) is 0 Å². The molecule has 0 aromatic heterocycles. The van der Waals surface area contributed by atoms with Crippen molar-refractivity contribution in [2.45, 2.75) is 53.4 Å². The van der Waals surface area contributed by atoms with Crippen LogP contribution in [0.15, 0.2) is 91.0 Å². The lowest BCUT2D eigenvalue weighted by Gasteiger charge is -2.18. The molecule has 4 nitrogen and oxygen atoms in total. The molecule has 232 valence electrons. The molecule has 3 aromatic carbocycles. The van der Waals surface area contributed by atoms with Crippen molar-refractivity contribution in [3.63, 3.8) is 0 Å². The fraction of sp³-hybridized carbons (Fsp3) is 0.394. The number of hydrogen-bond donors (Lipinski definition) is 1. The molecular formula is C33H44Br2Cl2NO3P. The van der Waals surface area contributed by atoms with Crippen molar-refractivity contribution in [1.82, 2.24) is 3.93 Å². The predicted molar refractivity (Wildman–Crippen MR) is 192 cm³/mol. The van der Waals surface area contributed by atoms with Crippen LogP contribution in [-0.2, 0) is 9.59 Å². The molecule has 2 atom stereocenters. The fourth-order valence-corrected chi connectivity index (χ4v) is 6.08. The largest absolute Gasteiger partial charge is 0.396 e. The lowest BCUT2D eigenvalue weighted by molar-refractivity contribution is -0.131. The second-order valence-corrected chi connectivity index (χ2v) is 13.8. The smallest absolute Gasteiger partial charge is 0.239 e. The number of alkyl halides is 3. The Hall–Kier alpha value is -1.27. The van der Waals surface area contributed by atoms with Crippen LogP contribution in [0.3, 0.4) is 0 Å². The van der Waals surface area contributed by atoms with Gasteiger partial charge in [-0.05, 0) is 35.7 Å². The molecule has 0 spiro atoms. The van der Waals surface area contributed by atoms with Gasteiger partial charge in [0.15, 0.2) is 0 Å². The third kappa shape index (κ3) is 17.8. The number of hydrogen-bond acceptors (Lipinski definition) is 3. The summed E-state index contributed by atoms with van der Waals surface area (Å²) in [4.78, 5) is 20.9. The molecule has 3 aromatic rings. The maximum atomic E-state index is 10.4. The molecule has 0 radical (unpaired) electrons. The van der Waals surface area contributed by atoms with Crippen LogP contribution in [0.2, 0.25) is 0 Å². The van der Waals surface area contributed by atoms with E-state index >= 15 is 0 Å². The van der Waals surface area contributed by atoms with E-state index < -0.39 is 7.92 Å². The van der Waals surface area contributed by atoms with Crippen molar-refractivity contribution in [1.29, 1.82) is 0 Å². The number of carbonyl (C=O) groups is 2. The van der Waals surface area contributed by atoms with Crippen LogP contribution in [0.1, 0.15) is 53.4 Å². The summed E-state index contributed by atoms with van der Waals surface area (Å²) >= 11 is 15.7. The molecule has 0 aliphatic carbocycles. The summed E-state index contributed by atoms with van der Waals surface area (Å²) in [6.07, 6.45) is 3.07. The van der Waals surface area contributed by atoms with E-state index in [0.717, 1.165) is 21.6 Å². The Bertz CT molecular complexity index is 955.